The maximum Gasteiger partial charge on any atom is 0.257 e. The second-order valence-electron chi connectivity index (χ2n) is 4.33. The number of amides is 1. The van der Waals surface area contributed by atoms with Crippen LogP contribution in [0.25, 0.3) is 0 Å². The number of hydrogen-bond donors (Lipinski definition) is 3. The smallest absolute Gasteiger partial charge is 0.257 e. The van der Waals surface area contributed by atoms with Crippen molar-refractivity contribution in [2.75, 3.05) is 5.32 Å². The zero-order valence-corrected chi connectivity index (χ0v) is 11.5. The van der Waals surface area contributed by atoms with E-state index in [0.717, 1.165) is 4.90 Å². The Morgan fingerprint density at radius 2 is 2.11 bits per heavy atom. The number of thioether (sulfide) groups is 1. The summed E-state index contributed by atoms with van der Waals surface area (Å²) in [5, 5.41) is 22.2. The number of carbonyl (C=O) groups excluding carboxylic acids is 1. The van der Waals surface area contributed by atoms with Crippen molar-refractivity contribution in [1.29, 1.82) is 0 Å². The van der Waals surface area contributed by atoms with Crippen molar-refractivity contribution in [1.82, 2.24) is 0 Å². The normalized spacial score (nSPS) is 21.4. The molecule has 0 aromatic heterocycles. The predicted octanol–water partition coefficient (Wildman–Crippen LogP) is 2.19. The Morgan fingerprint density at radius 1 is 1.44 bits per heavy atom. The van der Waals surface area contributed by atoms with Gasteiger partial charge in [-0.2, -0.15) is 0 Å². The summed E-state index contributed by atoms with van der Waals surface area (Å²) >= 11 is 7.55. The van der Waals surface area contributed by atoms with E-state index in [-0.39, 0.29) is 5.25 Å². The minimum absolute atomic E-state index is 0.0115. The summed E-state index contributed by atoms with van der Waals surface area (Å²) in [6.07, 6.45) is -1.61. The van der Waals surface area contributed by atoms with Gasteiger partial charge in [0, 0.05) is 21.4 Å². The molecule has 1 heterocycles. The summed E-state index contributed by atoms with van der Waals surface area (Å²) in [7, 11) is 0. The molecule has 1 amide bonds. The van der Waals surface area contributed by atoms with Crippen molar-refractivity contribution in [3.05, 3.63) is 22.7 Å². The molecule has 0 saturated heterocycles. The number of aliphatic hydroxyl groups is 2. The van der Waals surface area contributed by atoms with Crippen LogP contribution in [0, 0.1) is 0 Å². The van der Waals surface area contributed by atoms with Gasteiger partial charge in [0.05, 0.1) is 11.1 Å². The fourth-order valence-electron chi connectivity index (χ4n) is 1.63. The first-order chi connectivity index (χ1) is 8.40. The van der Waals surface area contributed by atoms with Crippen molar-refractivity contribution < 1.29 is 15.0 Å². The van der Waals surface area contributed by atoms with E-state index in [0.29, 0.717) is 16.3 Å². The molecule has 0 fully saturated rings. The topological polar surface area (TPSA) is 69.6 Å². The molecule has 0 saturated carbocycles. The second-order valence-corrected chi connectivity index (χ2v) is 6.15. The number of halogens is 1. The molecule has 0 radical (unpaired) electrons. The van der Waals surface area contributed by atoms with Gasteiger partial charge >= 0.3 is 0 Å². The molecule has 1 aliphatic rings. The lowest BCUT2D eigenvalue weighted by atomic mass is 10.1. The first-order valence-electron chi connectivity index (χ1n) is 5.57. The van der Waals surface area contributed by atoms with Crippen LogP contribution in [0.3, 0.4) is 0 Å². The maximum absolute atomic E-state index is 11.3. The monoisotopic (exact) mass is 287 g/mol. The van der Waals surface area contributed by atoms with Crippen LogP contribution in [0.5, 0.6) is 0 Å². The third kappa shape index (κ3) is 2.49. The molecule has 2 rings (SSSR count). The molecule has 0 spiro atoms. The van der Waals surface area contributed by atoms with E-state index in [1.165, 1.54) is 11.8 Å². The highest BCUT2D eigenvalue weighted by atomic mass is 35.5. The van der Waals surface area contributed by atoms with Crippen LogP contribution in [0.1, 0.15) is 25.5 Å². The lowest BCUT2D eigenvalue weighted by Gasteiger charge is -2.15. The number of carbonyl (C=O) groups is 1. The Bertz CT molecular complexity index is 492. The van der Waals surface area contributed by atoms with Crippen LogP contribution in [0.15, 0.2) is 17.0 Å². The average Bonchev–Trinajstić information content (AvgIpc) is 2.56. The van der Waals surface area contributed by atoms with Crippen LogP contribution in [-0.4, -0.2) is 27.5 Å². The van der Waals surface area contributed by atoms with E-state index in [2.05, 4.69) is 5.32 Å². The molecule has 1 aromatic carbocycles. The second kappa shape index (κ2) is 5.09. The molecular formula is C12H14ClNO3S. The van der Waals surface area contributed by atoms with Gasteiger partial charge in [0.2, 0.25) is 0 Å². The summed E-state index contributed by atoms with van der Waals surface area (Å²) in [6, 6.07) is 3.33. The molecule has 6 heteroatoms. The van der Waals surface area contributed by atoms with Crippen molar-refractivity contribution >= 4 is 35.0 Å². The van der Waals surface area contributed by atoms with E-state index >= 15 is 0 Å². The largest absolute Gasteiger partial charge is 0.392 e. The number of anilines is 1. The number of rotatable bonds is 3. The molecule has 0 bridgehead atoms. The molecular weight excluding hydrogens is 274 g/mol. The van der Waals surface area contributed by atoms with Crippen molar-refractivity contribution in [3.63, 3.8) is 0 Å². The number of nitrogens with one attached hydrogen (secondary N) is 1. The third-order valence-electron chi connectivity index (χ3n) is 2.90. The quantitative estimate of drug-likeness (QED) is 0.746. The van der Waals surface area contributed by atoms with Crippen LogP contribution >= 0.6 is 23.4 Å². The van der Waals surface area contributed by atoms with Gasteiger partial charge in [0.25, 0.3) is 5.91 Å². The lowest BCUT2D eigenvalue weighted by Crippen LogP contribution is -2.14. The third-order valence-corrected chi connectivity index (χ3v) is 4.68. The maximum atomic E-state index is 11.3. The minimum atomic E-state index is -1.15. The summed E-state index contributed by atoms with van der Waals surface area (Å²) in [5.74, 6) is -0.438. The van der Waals surface area contributed by atoms with E-state index in [1.54, 1.807) is 19.1 Å². The molecule has 1 aromatic rings. The standard InChI is InChI=1S/C12H14ClNO3S/c1-5(15)6(2)18-10-4-9-7(3-8(10)13)11(16)12(17)14-9/h3-6,11,15-16H,1-2H3,(H,14,17). The van der Waals surface area contributed by atoms with Crippen molar-refractivity contribution in [3.8, 4) is 0 Å². The van der Waals surface area contributed by atoms with E-state index in [9.17, 15) is 15.0 Å². The SMILES string of the molecule is CC(O)C(C)Sc1cc2c(cc1Cl)C(O)C(=O)N2. The van der Waals surface area contributed by atoms with Gasteiger partial charge in [0.1, 0.15) is 0 Å². The highest BCUT2D eigenvalue weighted by Gasteiger charge is 2.29. The van der Waals surface area contributed by atoms with Gasteiger partial charge in [-0.15, -0.1) is 11.8 Å². The Balaban J connectivity index is 2.30. The van der Waals surface area contributed by atoms with Gasteiger partial charge in [-0.1, -0.05) is 18.5 Å². The predicted molar refractivity (Wildman–Crippen MR) is 72.0 cm³/mol. The summed E-state index contributed by atoms with van der Waals surface area (Å²) in [5.41, 5.74) is 1.08. The Labute approximate surface area is 114 Å². The molecule has 98 valence electrons. The Hall–Kier alpha value is -0.750. The van der Waals surface area contributed by atoms with Crippen LogP contribution in [-0.2, 0) is 4.79 Å². The number of fused-ring (bicyclic) bond motifs is 1. The van der Waals surface area contributed by atoms with Crippen LogP contribution < -0.4 is 5.32 Å². The van der Waals surface area contributed by atoms with Gasteiger partial charge in [-0.25, -0.2) is 0 Å². The van der Waals surface area contributed by atoms with Gasteiger partial charge in [-0.3, -0.25) is 4.79 Å². The highest BCUT2D eigenvalue weighted by Crippen LogP contribution is 2.40. The van der Waals surface area contributed by atoms with Gasteiger partial charge in [0.15, 0.2) is 6.10 Å². The molecule has 1 aliphatic heterocycles. The van der Waals surface area contributed by atoms with E-state index < -0.39 is 18.1 Å². The first-order valence-corrected chi connectivity index (χ1v) is 6.83. The summed E-state index contributed by atoms with van der Waals surface area (Å²) < 4.78 is 0. The van der Waals surface area contributed by atoms with Crippen molar-refractivity contribution in [2.24, 2.45) is 0 Å². The molecule has 3 N–H and O–H groups in total. The lowest BCUT2D eigenvalue weighted by molar-refractivity contribution is -0.123. The average molecular weight is 288 g/mol. The number of benzene rings is 1. The van der Waals surface area contributed by atoms with E-state index in [4.69, 9.17) is 11.6 Å². The van der Waals surface area contributed by atoms with Crippen LogP contribution in [0.4, 0.5) is 5.69 Å². The number of hydrogen-bond acceptors (Lipinski definition) is 4. The Kier molecular flexibility index (Phi) is 3.87. The fraction of sp³-hybridized carbons (Fsp3) is 0.417. The Morgan fingerprint density at radius 3 is 2.72 bits per heavy atom. The van der Waals surface area contributed by atoms with Gasteiger partial charge < -0.3 is 15.5 Å². The molecule has 0 aliphatic carbocycles. The first kappa shape index (κ1) is 13.7. The summed E-state index contributed by atoms with van der Waals surface area (Å²) in [4.78, 5) is 12.1. The van der Waals surface area contributed by atoms with Crippen molar-refractivity contribution in [2.45, 2.75) is 36.2 Å². The zero-order chi connectivity index (χ0) is 13.4. The highest BCUT2D eigenvalue weighted by molar-refractivity contribution is 8.00. The molecule has 3 unspecified atom stereocenters. The van der Waals surface area contributed by atoms with Crippen LogP contribution in [0.2, 0.25) is 5.02 Å². The molecule has 4 nitrogen and oxygen atoms in total. The summed E-state index contributed by atoms with van der Waals surface area (Å²) in [6.45, 7) is 3.61. The zero-order valence-electron chi connectivity index (χ0n) is 9.98. The number of aliphatic hydroxyl groups excluding tert-OH is 2. The molecule has 18 heavy (non-hydrogen) atoms. The van der Waals surface area contributed by atoms with Gasteiger partial charge in [-0.05, 0) is 19.1 Å². The fourth-order valence-corrected chi connectivity index (χ4v) is 2.90. The van der Waals surface area contributed by atoms with E-state index in [1.807, 2.05) is 6.92 Å². The minimum Gasteiger partial charge on any atom is -0.392 e. The molecule has 3 atom stereocenters.